The Hall–Kier alpha value is -3.09. The van der Waals surface area contributed by atoms with Crippen molar-refractivity contribution in [2.24, 2.45) is 0 Å². The lowest BCUT2D eigenvalue weighted by Gasteiger charge is -2.24. The Labute approximate surface area is 209 Å². The van der Waals surface area contributed by atoms with E-state index in [2.05, 4.69) is 10.4 Å². The number of carboxylic acids is 1. The molecule has 2 N–H and O–H groups in total. The van der Waals surface area contributed by atoms with Crippen LogP contribution in [0.3, 0.4) is 0 Å². The molecule has 0 spiro atoms. The number of sulfone groups is 1. The second kappa shape index (κ2) is 10.1. The highest BCUT2D eigenvalue weighted by molar-refractivity contribution is 7.91. The fourth-order valence-corrected chi connectivity index (χ4v) is 5.32. The standard InChI is InChI=1S/C23H21ClF3N3O5S/c24-14-4-6-15(7-5-14)35-21-9-8-16(10-18(21)23(25,26)27)36(33,34)13-28-19-2-1-3-20-17(19)11-29-30(20)12-22(31)32/h4-11,19,28H,1-3,12-13H2,(H,31,32)/t19-/m1/s1. The Balaban J connectivity index is 1.54. The van der Waals surface area contributed by atoms with Crippen LogP contribution in [0.25, 0.3) is 0 Å². The van der Waals surface area contributed by atoms with Crippen molar-refractivity contribution in [3.05, 3.63) is 70.5 Å². The van der Waals surface area contributed by atoms with E-state index in [0.717, 1.165) is 12.1 Å². The molecule has 2 aromatic carbocycles. The van der Waals surface area contributed by atoms with Crippen LogP contribution in [0.15, 0.2) is 53.6 Å². The fraction of sp³-hybridized carbons (Fsp3) is 0.304. The number of carbonyl (C=O) groups is 1. The monoisotopic (exact) mass is 543 g/mol. The van der Waals surface area contributed by atoms with Crippen molar-refractivity contribution in [1.29, 1.82) is 0 Å². The molecule has 0 unspecified atom stereocenters. The summed E-state index contributed by atoms with van der Waals surface area (Å²) in [5.74, 6) is -2.10. The summed E-state index contributed by atoms with van der Waals surface area (Å²) in [4.78, 5) is 10.5. The van der Waals surface area contributed by atoms with E-state index < -0.39 is 50.1 Å². The number of aliphatic carboxylic acids is 1. The van der Waals surface area contributed by atoms with Gasteiger partial charge in [0.2, 0.25) is 0 Å². The van der Waals surface area contributed by atoms with Gasteiger partial charge >= 0.3 is 12.1 Å². The number of rotatable bonds is 8. The zero-order valence-electron chi connectivity index (χ0n) is 18.6. The lowest BCUT2D eigenvalue weighted by Crippen LogP contribution is -2.30. The number of hydrogen-bond donors (Lipinski definition) is 2. The van der Waals surface area contributed by atoms with Crippen LogP contribution in [0, 0.1) is 0 Å². The lowest BCUT2D eigenvalue weighted by atomic mass is 9.93. The molecule has 3 aromatic rings. The molecule has 0 amide bonds. The van der Waals surface area contributed by atoms with Gasteiger partial charge in [0, 0.05) is 22.3 Å². The molecule has 0 saturated carbocycles. The summed E-state index contributed by atoms with van der Waals surface area (Å²) in [6.07, 6.45) is -1.53. The molecule has 0 bridgehead atoms. The quantitative estimate of drug-likeness (QED) is 0.418. The van der Waals surface area contributed by atoms with Gasteiger partial charge in [-0.25, -0.2) is 8.42 Å². The Morgan fingerprint density at radius 2 is 1.94 bits per heavy atom. The molecule has 0 aliphatic heterocycles. The number of ether oxygens (including phenoxy) is 1. The highest BCUT2D eigenvalue weighted by Gasteiger charge is 2.36. The second-order valence-electron chi connectivity index (χ2n) is 8.22. The van der Waals surface area contributed by atoms with Crippen molar-refractivity contribution >= 4 is 27.4 Å². The number of aromatic nitrogens is 2. The van der Waals surface area contributed by atoms with Gasteiger partial charge in [-0.1, -0.05) is 11.6 Å². The molecule has 1 heterocycles. The van der Waals surface area contributed by atoms with Crippen molar-refractivity contribution in [3.8, 4) is 11.5 Å². The maximum Gasteiger partial charge on any atom is 0.420 e. The summed E-state index contributed by atoms with van der Waals surface area (Å²) >= 11 is 5.79. The molecule has 1 aliphatic carbocycles. The van der Waals surface area contributed by atoms with Crippen LogP contribution in [-0.2, 0) is 33.8 Å². The Kier molecular flexibility index (Phi) is 7.30. The van der Waals surface area contributed by atoms with Gasteiger partial charge in [-0.15, -0.1) is 0 Å². The minimum atomic E-state index is -4.86. The lowest BCUT2D eigenvalue weighted by molar-refractivity contribution is -0.139. The van der Waals surface area contributed by atoms with Crippen molar-refractivity contribution in [2.75, 3.05) is 5.88 Å². The fourth-order valence-electron chi connectivity index (χ4n) is 4.03. The largest absolute Gasteiger partial charge is 0.480 e. The van der Waals surface area contributed by atoms with Gasteiger partial charge in [-0.2, -0.15) is 18.3 Å². The van der Waals surface area contributed by atoms with Crippen LogP contribution >= 0.6 is 11.6 Å². The average molecular weight is 544 g/mol. The first-order valence-electron chi connectivity index (χ1n) is 10.8. The van der Waals surface area contributed by atoms with Crippen molar-refractivity contribution in [3.63, 3.8) is 0 Å². The van der Waals surface area contributed by atoms with Gasteiger partial charge in [-0.3, -0.25) is 14.8 Å². The third-order valence-electron chi connectivity index (χ3n) is 5.72. The SMILES string of the molecule is O=C(O)Cn1ncc2c1CCC[C@H]2NCS(=O)(=O)c1ccc(Oc2ccc(Cl)cc2)c(C(F)(F)F)c1. The smallest absolute Gasteiger partial charge is 0.420 e. The molecule has 36 heavy (non-hydrogen) atoms. The summed E-state index contributed by atoms with van der Waals surface area (Å²) in [7, 11) is -4.16. The molecule has 1 atom stereocenters. The van der Waals surface area contributed by atoms with Crippen LogP contribution in [0.1, 0.15) is 35.7 Å². The number of carboxylic acid groups (broad SMARTS) is 1. The van der Waals surface area contributed by atoms with E-state index >= 15 is 0 Å². The number of hydrogen-bond acceptors (Lipinski definition) is 6. The van der Waals surface area contributed by atoms with Gasteiger partial charge in [0.25, 0.3) is 0 Å². The molecule has 0 saturated heterocycles. The van der Waals surface area contributed by atoms with Crippen LogP contribution < -0.4 is 10.1 Å². The van der Waals surface area contributed by atoms with E-state index in [-0.39, 0.29) is 12.3 Å². The third kappa shape index (κ3) is 5.82. The van der Waals surface area contributed by atoms with Crippen LogP contribution in [0.4, 0.5) is 13.2 Å². The van der Waals surface area contributed by atoms with Gasteiger partial charge in [0.05, 0.1) is 16.7 Å². The molecular weight excluding hydrogens is 523 g/mol. The van der Waals surface area contributed by atoms with Crippen LogP contribution in [0.5, 0.6) is 11.5 Å². The highest BCUT2D eigenvalue weighted by atomic mass is 35.5. The van der Waals surface area contributed by atoms with E-state index in [4.69, 9.17) is 21.4 Å². The van der Waals surface area contributed by atoms with Crippen molar-refractivity contribution in [1.82, 2.24) is 15.1 Å². The number of benzene rings is 2. The minimum Gasteiger partial charge on any atom is -0.480 e. The number of halogens is 4. The normalized spacial score (nSPS) is 15.9. The van der Waals surface area contributed by atoms with E-state index in [1.807, 2.05) is 0 Å². The minimum absolute atomic E-state index is 0.110. The third-order valence-corrected chi connectivity index (χ3v) is 7.50. The van der Waals surface area contributed by atoms with E-state index in [0.29, 0.717) is 41.6 Å². The van der Waals surface area contributed by atoms with Crippen LogP contribution in [-0.4, -0.2) is 35.2 Å². The Bertz CT molecular complexity index is 1370. The Morgan fingerprint density at radius 3 is 2.61 bits per heavy atom. The molecular formula is C23H21ClF3N3O5S. The first kappa shape index (κ1) is 26.0. The van der Waals surface area contributed by atoms with Crippen LogP contribution in [0.2, 0.25) is 5.02 Å². The van der Waals surface area contributed by atoms with E-state index in [9.17, 15) is 26.4 Å². The summed E-state index contributed by atoms with van der Waals surface area (Å²) < 4.78 is 73.8. The van der Waals surface area contributed by atoms with Crippen molar-refractivity contribution < 1.29 is 36.2 Å². The number of nitrogens with one attached hydrogen (secondary N) is 1. The second-order valence-corrected chi connectivity index (χ2v) is 10.6. The van der Waals surface area contributed by atoms with E-state index in [1.54, 1.807) is 0 Å². The topological polar surface area (TPSA) is 111 Å². The zero-order chi connectivity index (χ0) is 26.1. The highest BCUT2D eigenvalue weighted by Crippen LogP contribution is 2.40. The maximum absolute atomic E-state index is 13.8. The molecule has 192 valence electrons. The predicted molar refractivity (Wildman–Crippen MR) is 124 cm³/mol. The summed E-state index contributed by atoms with van der Waals surface area (Å²) in [5.41, 5.74) is 0.149. The molecule has 8 nitrogen and oxygen atoms in total. The Morgan fingerprint density at radius 1 is 1.22 bits per heavy atom. The van der Waals surface area contributed by atoms with Gasteiger partial charge in [0.15, 0.2) is 9.84 Å². The maximum atomic E-state index is 13.8. The predicted octanol–water partition coefficient (Wildman–Crippen LogP) is 4.83. The summed E-state index contributed by atoms with van der Waals surface area (Å²) in [5, 5.41) is 16.4. The summed E-state index contributed by atoms with van der Waals surface area (Å²) in [6.45, 7) is -0.314. The molecule has 1 aromatic heterocycles. The number of nitrogens with zero attached hydrogens (tertiary/aromatic N) is 2. The van der Waals surface area contributed by atoms with Crippen molar-refractivity contribution in [2.45, 2.75) is 42.9 Å². The average Bonchev–Trinajstić information content (AvgIpc) is 3.21. The van der Waals surface area contributed by atoms with E-state index in [1.165, 1.54) is 35.1 Å². The number of alkyl halides is 3. The first-order valence-corrected chi connectivity index (χ1v) is 12.8. The summed E-state index contributed by atoms with van der Waals surface area (Å²) in [6, 6.07) is 7.86. The van der Waals surface area contributed by atoms with Gasteiger partial charge in [-0.05, 0) is 61.7 Å². The first-order chi connectivity index (χ1) is 16.9. The van der Waals surface area contributed by atoms with Gasteiger partial charge in [0.1, 0.15) is 23.9 Å². The molecule has 0 radical (unpaired) electrons. The molecule has 0 fully saturated rings. The zero-order valence-corrected chi connectivity index (χ0v) is 20.2. The molecule has 13 heteroatoms. The van der Waals surface area contributed by atoms with Gasteiger partial charge < -0.3 is 9.84 Å². The molecule has 1 aliphatic rings. The number of fused-ring (bicyclic) bond motifs is 1. The molecule has 4 rings (SSSR count).